The summed E-state index contributed by atoms with van der Waals surface area (Å²) in [5.74, 6) is -0.0692. The van der Waals surface area contributed by atoms with Crippen LogP contribution in [0.2, 0.25) is 0 Å². The first-order valence-corrected chi connectivity index (χ1v) is 14.0. The summed E-state index contributed by atoms with van der Waals surface area (Å²) in [5, 5.41) is 10.4. The van der Waals surface area contributed by atoms with Crippen molar-refractivity contribution in [2.75, 3.05) is 23.3 Å². The summed E-state index contributed by atoms with van der Waals surface area (Å²) in [6, 6.07) is 3.71. The summed E-state index contributed by atoms with van der Waals surface area (Å²) in [4.78, 5) is 36.3. The van der Waals surface area contributed by atoms with E-state index in [1.54, 1.807) is 24.7 Å². The summed E-state index contributed by atoms with van der Waals surface area (Å²) < 4.78 is 16.2. The molecule has 10 nitrogen and oxygen atoms in total. The van der Waals surface area contributed by atoms with Crippen LogP contribution in [0.15, 0.2) is 36.9 Å². The minimum absolute atomic E-state index is 0.00719. The zero-order valence-corrected chi connectivity index (χ0v) is 22.1. The first-order chi connectivity index (χ1) is 19.7. The molecule has 5 aromatic heterocycles. The van der Waals surface area contributed by atoms with Gasteiger partial charge >= 0.3 is 0 Å². The molecule has 2 fully saturated rings. The topological polar surface area (TPSA) is 128 Å². The molecule has 1 saturated carbocycles. The van der Waals surface area contributed by atoms with Crippen LogP contribution >= 0.6 is 0 Å². The van der Waals surface area contributed by atoms with Gasteiger partial charge in [0.15, 0.2) is 17.1 Å². The average Bonchev–Trinajstić information content (AvgIpc) is 3.63. The normalized spacial score (nSPS) is 16.6. The third kappa shape index (κ3) is 4.44. The van der Waals surface area contributed by atoms with Gasteiger partial charge in [-0.1, -0.05) is 19.3 Å². The third-order valence-corrected chi connectivity index (χ3v) is 8.10. The van der Waals surface area contributed by atoms with E-state index in [2.05, 4.69) is 40.3 Å². The summed E-state index contributed by atoms with van der Waals surface area (Å²) in [5.41, 5.74) is 4.35. The fraction of sp³-hybridized carbons (Fsp3) is 0.379. The van der Waals surface area contributed by atoms with Crippen LogP contribution < -0.4 is 10.2 Å². The van der Waals surface area contributed by atoms with Crippen LogP contribution in [0.4, 0.5) is 15.8 Å². The lowest BCUT2D eigenvalue weighted by Gasteiger charge is -2.28. The SMILES string of the molecule is O=C(Nc1cncc(-c2cnc3[nH]nc(-c4nc5c(N6CCCCC6)ccnc5[nH]4)c3c2F)c1)C1CCCCC1. The molecule has 0 radical (unpaired) electrons. The highest BCUT2D eigenvalue weighted by Crippen LogP contribution is 2.35. The van der Waals surface area contributed by atoms with Gasteiger partial charge in [0.1, 0.15) is 17.0 Å². The van der Waals surface area contributed by atoms with Crippen molar-refractivity contribution in [1.29, 1.82) is 0 Å². The fourth-order valence-electron chi connectivity index (χ4n) is 5.99. The number of aromatic nitrogens is 7. The van der Waals surface area contributed by atoms with Crippen molar-refractivity contribution < 1.29 is 9.18 Å². The second-order valence-corrected chi connectivity index (χ2v) is 10.7. The van der Waals surface area contributed by atoms with E-state index in [0.29, 0.717) is 34.1 Å². The maximum absolute atomic E-state index is 16.2. The van der Waals surface area contributed by atoms with Gasteiger partial charge in [-0.05, 0) is 44.2 Å². The van der Waals surface area contributed by atoms with Gasteiger partial charge in [-0.15, -0.1) is 0 Å². The molecule has 6 heterocycles. The number of anilines is 2. The second-order valence-electron chi connectivity index (χ2n) is 10.7. The number of carbonyl (C=O) groups excluding carboxylic acids is 1. The standard InChI is InChI=1S/C29H30FN9O/c30-23-20(18-13-19(15-31-14-18)34-29(40)17-7-3-1-4-8-17)16-33-26-22(23)25(37-38-26)28-35-24-21(9-10-32-27(24)36-28)39-11-5-2-6-12-39/h9-10,13-17H,1-8,11-12H2,(H,34,40)(H,32,35,36)(H,33,37,38). The molecule has 0 aromatic carbocycles. The molecule has 1 aliphatic heterocycles. The average molecular weight is 540 g/mol. The van der Waals surface area contributed by atoms with Gasteiger partial charge in [0.25, 0.3) is 0 Å². The van der Waals surface area contributed by atoms with Gasteiger partial charge in [-0.25, -0.2) is 19.3 Å². The molecule has 1 aliphatic carbocycles. The molecule has 11 heteroatoms. The Labute approximate surface area is 229 Å². The molecule has 1 saturated heterocycles. The predicted octanol–water partition coefficient (Wildman–Crippen LogP) is 5.61. The molecule has 0 spiro atoms. The quantitative estimate of drug-likeness (QED) is 0.265. The number of imidazole rings is 1. The summed E-state index contributed by atoms with van der Waals surface area (Å²) in [6.07, 6.45) is 15.0. The van der Waals surface area contributed by atoms with E-state index >= 15 is 4.39 Å². The number of aromatic amines is 2. The lowest BCUT2D eigenvalue weighted by Crippen LogP contribution is -2.29. The highest BCUT2D eigenvalue weighted by molar-refractivity contribution is 5.96. The smallest absolute Gasteiger partial charge is 0.227 e. The first kappa shape index (κ1) is 24.6. The van der Waals surface area contributed by atoms with Crippen molar-refractivity contribution in [2.45, 2.75) is 51.4 Å². The largest absolute Gasteiger partial charge is 0.370 e. The molecule has 5 aromatic rings. The number of H-pyrrole nitrogens is 2. The third-order valence-electron chi connectivity index (χ3n) is 8.10. The van der Waals surface area contributed by atoms with E-state index in [4.69, 9.17) is 4.98 Å². The molecular formula is C29H30FN9O. The monoisotopic (exact) mass is 539 g/mol. The van der Waals surface area contributed by atoms with Gasteiger partial charge in [0, 0.05) is 48.7 Å². The predicted molar refractivity (Wildman–Crippen MR) is 151 cm³/mol. The lowest BCUT2D eigenvalue weighted by molar-refractivity contribution is -0.120. The van der Waals surface area contributed by atoms with Crippen LogP contribution in [0.25, 0.3) is 44.8 Å². The van der Waals surface area contributed by atoms with Gasteiger partial charge < -0.3 is 15.2 Å². The Morgan fingerprint density at radius 3 is 2.67 bits per heavy atom. The van der Waals surface area contributed by atoms with Crippen molar-refractivity contribution in [3.63, 3.8) is 0 Å². The number of fused-ring (bicyclic) bond motifs is 2. The van der Waals surface area contributed by atoms with Gasteiger partial charge in [0.05, 0.1) is 23.0 Å². The zero-order valence-electron chi connectivity index (χ0n) is 22.1. The number of amides is 1. The number of hydrogen-bond donors (Lipinski definition) is 3. The number of pyridine rings is 3. The van der Waals surface area contributed by atoms with Crippen molar-refractivity contribution in [3.8, 4) is 22.6 Å². The van der Waals surface area contributed by atoms with Crippen LogP contribution in [-0.4, -0.2) is 54.1 Å². The second kappa shape index (κ2) is 10.3. The van der Waals surface area contributed by atoms with Crippen molar-refractivity contribution >= 4 is 39.5 Å². The van der Waals surface area contributed by atoms with Crippen LogP contribution in [0.1, 0.15) is 51.4 Å². The number of nitrogens with zero attached hydrogens (tertiary/aromatic N) is 6. The molecule has 3 N–H and O–H groups in total. The molecule has 0 bridgehead atoms. The number of halogens is 1. The van der Waals surface area contributed by atoms with Crippen LogP contribution in [0, 0.1) is 11.7 Å². The Morgan fingerprint density at radius 2 is 1.82 bits per heavy atom. The van der Waals surface area contributed by atoms with Gasteiger partial charge in [-0.3, -0.25) is 14.9 Å². The van der Waals surface area contributed by atoms with Crippen LogP contribution in [0.3, 0.4) is 0 Å². The number of nitrogens with one attached hydrogen (secondary N) is 3. The van der Waals surface area contributed by atoms with E-state index in [1.165, 1.54) is 19.0 Å². The summed E-state index contributed by atoms with van der Waals surface area (Å²) in [6.45, 7) is 1.95. The molecule has 2 aliphatic rings. The highest BCUT2D eigenvalue weighted by atomic mass is 19.1. The van der Waals surface area contributed by atoms with Gasteiger partial charge in [-0.2, -0.15) is 5.10 Å². The number of rotatable bonds is 5. The van der Waals surface area contributed by atoms with E-state index in [-0.39, 0.29) is 22.8 Å². The van der Waals surface area contributed by atoms with E-state index in [0.717, 1.165) is 62.8 Å². The maximum Gasteiger partial charge on any atom is 0.227 e. The number of hydrogen-bond acceptors (Lipinski definition) is 7. The Bertz CT molecular complexity index is 1700. The van der Waals surface area contributed by atoms with E-state index in [1.807, 2.05) is 6.07 Å². The van der Waals surface area contributed by atoms with E-state index < -0.39 is 5.82 Å². The Kier molecular flexibility index (Phi) is 6.33. The lowest BCUT2D eigenvalue weighted by atomic mass is 9.88. The molecule has 0 unspecified atom stereocenters. The van der Waals surface area contributed by atoms with Crippen molar-refractivity contribution in [1.82, 2.24) is 35.1 Å². The Hall–Kier alpha value is -4.41. The van der Waals surface area contributed by atoms with Crippen molar-refractivity contribution in [3.05, 3.63) is 42.7 Å². The van der Waals surface area contributed by atoms with Gasteiger partial charge in [0.2, 0.25) is 5.91 Å². The molecule has 0 atom stereocenters. The fourth-order valence-corrected chi connectivity index (χ4v) is 5.99. The molecule has 7 rings (SSSR count). The Balaban J connectivity index is 1.24. The first-order valence-electron chi connectivity index (χ1n) is 14.0. The minimum atomic E-state index is -0.490. The summed E-state index contributed by atoms with van der Waals surface area (Å²) in [7, 11) is 0. The molecule has 40 heavy (non-hydrogen) atoms. The molecule has 1 amide bonds. The zero-order chi connectivity index (χ0) is 27.1. The summed E-state index contributed by atoms with van der Waals surface area (Å²) >= 11 is 0. The molecular weight excluding hydrogens is 509 g/mol. The van der Waals surface area contributed by atoms with Crippen LogP contribution in [-0.2, 0) is 4.79 Å². The van der Waals surface area contributed by atoms with Crippen molar-refractivity contribution in [2.24, 2.45) is 5.92 Å². The number of piperidine rings is 1. The highest BCUT2D eigenvalue weighted by Gasteiger charge is 2.24. The minimum Gasteiger partial charge on any atom is -0.370 e. The maximum atomic E-state index is 16.2. The number of carbonyl (C=O) groups is 1. The van der Waals surface area contributed by atoms with Crippen LogP contribution in [0.5, 0.6) is 0 Å². The van der Waals surface area contributed by atoms with E-state index in [9.17, 15) is 4.79 Å². The Morgan fingerprint density at radius 1 is 1.00 bits per heavy atom. The molecule has 204 valence electrons.